The molecule has 1 aromatic heterocycles. The summed E-state index contributed by atoms with van der Waals surface area (Å²) in [7, 11) is 0. The van der Waals surface area contributed by atoms with Gasteiger partial charge in [-0.15, -0.1) is 0 Å². The lowest BCUT2D eigenvalue weighted by Gasteiger charge is -2.18. The number of hydrogen-bond donors (Lipinski definition) is 3. The molecule has 0 saturated carbocycles. The van der Waals surface area contributed by atoms with Crippen LogP contribution in [0.4, 0.5) is 4.79 Å². The Morgan fingerprint density at radius 1 is 1.04 bits per heavy atom. The summed E-state index contributed by atoms with van der Waals surface area (Å²) in [6.07, 6.45) is 0. The van der Waals surface area contributed by atoms with E-state index in [2.05, 4.69) is 16.2 Å². The standard InChI is InChI=1S/C18H23N3O4/c1-18(2,3)12-19-17(23)21-20-16(22)15-10-9-14(25-15)11-24-13-7-5-4-6-8-13/h4-10H,11-12H2,1-3H3,(H,20,22)(H2,19,21,23). The number of carbonyl (C=O) groups is 2. The van der Waals surface area contributed by atoms with E-state index in [4.69, 9.17) is 9.15 Å². The fourth-order valence-corrected chi connectivity index (χ4v) is 1.81. The number of urea groups is 1. The Morgan fingerprint density at radius 2 is 1.76 bits per heavy atom. The van der Waals surface area contributed by atoms with Crippen LogP contribution >= 0.6 is 0 Å². The second-order valence-corrected chi connectivity index (χ2v) is 6.69. The highest BCUT2D eigenvalue weighted by molar-refractivity contribution is 5.92. The number of hydrazine groups is 1. The van der Waals surface area contributed by atoms with E-state index in [1.165, 1.54) is 6.07 Å². The van der Waals surface area contributed by atoms with Crippen molar-refractivity contribution in [1.29, 1.82) is 0 Å². The lowest BCUT2D eigenvalue weighted by molar-refractivity contribution is 0.0904. The second-order valence-electron chi connectivity index (χ2n) is 6.69. The molecule has 0 aliphatic carbocycles. The number of ether oxygens (including phenoxy) is 1. The van der Waals surface area contributed by atoms with E-state index in [0.29, 0.717) is 18.1 Å². The number of rotatable bonds is 5. The molecule has 0 fully saturated rings. The van der Waals surface area contributed by atoms with Gasteiger partial charge in [0.05, 0.1) is 0 Å². The SMILES string of the molecule is CC(C)(C)CNC(=O)NNC(=O)c1ccc(COc2ccccc2)o1. The molecular weight excluding hydrogens is 322 g/mol. The van der Waals surface area contributed by atoms with Gasteiger partial charge in [-0.3, -0.25) is 10.2 Å². The first kappa shape index (κ1) is 18.4. The van der Waals surface area contributed by atoms with E-state index in [1.807, 2.05) is 51.1 Å². The van der Waals surface area contributed by atoms with E-state index in [1.54, 1.807) is 6.07 Å². The molecule has 0 spiro atoms. The summed E-state index contributed by atoms with van der Waals surface area (Å²) in [6, 6.07) is 12.0. The number of furan rings is 1. The Labute approximate surface area is 146 Å². The van der Waals surface area contributed by atoms with E-state index < -0.39 is 11.9 Å². The third-order valence-corrected chi connectivity index (χ3v) is 3.08. The van der Waals surface area contributed by atoms with Gasteiger partial charge >= 0.3 is 11.9 Å². The van der Waals surface area contributed by atoms with Crippen molar-refractivity contribution in [3.8, 4) is 5.75 Å². The normalized spacial score (nSPS) is 10.8. The van der Waals surface area contributed by atoms with Gasteiger partial charge in [-0.25, -0.2) is 10.2 Å². The quantitative estimate of drug-likeness (QED) is 0.727. The van der Waals surface area contributed by atoms with Crippen molar-refractivity contribution >= 4 is 11.9 Å². The summed E-state index contributed by atoms with van der Waals surface area (Å²) in [6.45, 7) is 6.67. The van der Waals surface area contributed by atoms with E-state index in [0.717, 1.165) is 0 Å². The maximum absolute atomic E-state index is 11.9. The van der Waals surface area contributed by atoms with Crippen LogP contribution in [0.15, 0.2) is 46.9 Å². The Hall–Kier alpha value is -2.96. The van der Waals surface area contributed by atoms with Crippen LogP contribution in [0, 0.1) is 5.41 Å². The molecule has 7 heteroatoms. The van der Waals surface area contributed by atoms with Gasteiger partial charge in [0.2, 0.25) is 0 Å². The van der Waals surface area contributed by atoms with Gasteiger partial charge in [0.15, 0.2) is 5.76 Å². The maximum Gasteiger partial charge on any atom is 0.333 e. The van der Waals surface area contributed by atoms with Crippen molar-refractivity contribution < 1.29 is 18.7 Å². The van der Waals surface area contributed by atoms with Gasteiger partial charge in [-0.1, -0.05) is 39.0 Å². The summed E-state index contributed by atoms with van der Waals surface area (Å²) in [4.78, 5) is 23.6. The molecule has 0 atom stereocenters. The van der Waals surface area contributed by atoms with E-state index in [-0.39, 0.29) is 17.8 Å². The van der Waals surface area contributed by atoms with Gasteiger partial charge in [-0.05, 0) is 29.7 Å². The number of benzene rings is 1. The van der Waals surface area contributed by atoms with Gasteiger partial charge in [0.1, 0.15) is 18.1 Å². The molecule has 1 aromatic carbocycles. The zero-order valence-electron chi connectivity index (χ0n) is 14.6. The van der Waals surface area contributed by atoms with Crippen LogP contribution in [0.3, 0.4) is 0 Å². The average molecular weight is 345 g/mol. The molecule has 1 heterocycles. The largest absolute Gasteiger partial charge is 0.486 e. The average Bonchev–Trinajstić information content (AvgIpc) is 3.05. The molecule has 25 heavy (non-hydrogen) atoms. The number of hydrogen-bond acceptors (Lipinski definition) is 4. The Balaban J connectivity index is 1.77. The number of amides is 3. The third-order valence-electron chi connectivity index (χ3n) is 3.08. The third kappa shape index (κ3) is 6.58. The van der Waals surface area contributed by atoms with E-state index >= 15 is 0 Å². The van der Waals surface area contributed by atoms with Crippen molar-refractivity contribution in [1.82, 2.24) is 16.2 Å². The first-order valence-corrected chi connectivity index (χ1v) is 7.94. The molecule has 7 nitrogen and oxygen atoms in total. The molecule has 3 amide bonds. The smallest absolute Gasteiger partial charge is 0.333 e. The minimum atomic E-state index is -0.545. The molecule has 2 rings (SSSR count). The molecular formula is C18H23N3O4. The Kier molecular flexibility index (Phi) is 6.05. The minimum absolute atomic E-state index is 0.0456. The Bertz CT molecular complexity index is 705. The highest BCUT2D eigenvalue weighted by Gasteiger charge is 2.14. The van der Waals surface area contributed by atoms with Gasteiger partial charge in [-0.2, -0.15) is 0 Å². The minimum Gasteiger partial charge on any atom is -0.486 e. The maximum atomic E-state index is 11.9. The van der Waals surface area contributed by atoms with Crippen LogP contribution in [0.2, 0.25) is 0 Å². The van der Waals surface area contributed by atoms with Crippen molar-refractivity contribution in [3.63, 3.8) is 0 Å². The summed E-state index contributed by atoms with van der Waals surface area (Å²) >= 11 is 0. The zero-order valence-corrected chi connectivity index (χ0v) is 14.6. The van der Waals surface area contributed by atoms with Crippen LogP contribution in [0.25, 0.3) is 0 Å². The number of nitrogens with one attached hydrogen (secondary N) is 3. The van der Waals surface area contributed by atoms with Gasteiger partial charge in [0, 0.05) is 6.54 Å². The molecule has 0 aliphatic rings. The van der Waals surface area contributed by atoms with Crippen LogP contribution < -0.4 is 20.9 Å². The summed E-state index contributed by atoms with van der Waals surface area (Å²) in [5.74, 6) is 0.757. The Morgan fingerprint density at radius 3 is 2.44 bits per heavy atom. The first-order valence-electron chi connectivity index (χ1n) is 7.94. The van der Waals surface area contributed by atoms with Crippen LogP contribution in [-0.2, 0) is 6.61 Å². The van der Waals surface area contributed by atoms with Crippen molar-refractivity contribution in [2.24, 2.45) is 5.41 Å². The van der Waals surface area contributed by atoms with Crippen molar-refractivity contribution in [2.45, 2.75) is 27.4 Å². The van der Waals surface area contributed by atoms with Crippen LogP contribution in [-0.4, -0.2) is 18.5 Å². The molecule has 134 valence electrons. The number of carbonyl (C=O) groups excluding carboxylic acids is 2. The van der Waals surface area contributed by atoms with E-state index in [9.17, 15) is 9.59 Å². The predicted molar refractivity (Wildman–Crippen MR) is 92.9 cm³/mol. The van der Waals surface area contributed by atoms with Gasteiger partial charge < -0.3 is 14.5 Å². The van der Waals surface area contributed by atoms with Crippen LogP contribution in [0.1, 0.15) is 37.1 Å². The lowest BCUT2D eigenvalue weighted by atomic mass is 9.97. The highest BCUT2D eigenvalue weighted by Crippen LogP contribution is 2.14. The highest BCUT2D eigenvalue weighted by atomic mass is 16.5. The first-order chi connectivity index (χ1) is 11.8. The van der Waals surface area contributed by atoms with Crippen LogP contribution in [0.5, 0.6) is 5.75 Å². The topological polar surface area (TPSA) is 92.6 Å². The second kappa shape index (κ2) is 8.23. The molecule has 2 aromatic rings. The monoisotopic (exact) mass is 345 g/mol. The van der Waals surface area contributed by atoms with Crippen molar-refractivity contribution in [2.75, 3.05) is 6.54 Å². The molecule has 3 N–H and O–H groups in total. The lowest BCUT2D eigenvalue weighted by Crippen LogP contribution is -2.48. The number of para-hydroxylation sites is 1. The summed E-state index contributed by atoms with van der Waals surface area (Å²) < 4.78 is 10.9. The van der Waals surface area contributed by atoms with Crippen molar-refractivity contribution in [3.05, 3.63) is 54.0 Å². The molecule has 0 bridgehead atoms. The summed E-state index contributed by atoms with van der Waals surface area (Å²) in [5, 5.41) is 2.66. The fourth-order valence-electron chi connectivity index (χ4n) is 1.81. The fraction of sp³-hybridized carbons (Fsp3) is 0.333. The molecule has 0 saturated heterocycles. The van der Waals surface area contributed by atoms with Gasteiger partial charge in [0.25, 0.3) is 0 Å². The molecule has 0 aliphatic heterocycles. The molecule has 0 radical (unpaired) electrons. The molecule has 0 unspecified atom stereocenters. The predicted octanol–water partition coefficient (Wildman–Crippen LogP) is 2.85. The zero-order chi connectivity index (χ0) is 18.3. The summed E-state index contributed by atoms with van der Waals surface area (Å²) in [5.41, 5.74) is 4.52.